The van der Waals surface area contributed by atoms with Crippen LogP contribution in [-0.2, 0) is 19.1 Å². The molecule has 0 rings (SSSR count). The zero-order chi connectivity index (χ0) is 11.4. The molecular weight excluding hydrogens is 188 g/mol. The number of rotatable bonds is 5. The Kier molecular flexibility index (Phi) is 4.27. The van der Waals surface area contributed by atoms with Gasteiger partial charge >= 0.3 is 11.9 Å². The van der Waals surface area contributed by atoms with E-state index in [2.05, 4.69) is 0 Å². The number of carbonyl (C=O) groups is 3. The van der Waals surface area contributed by atoms with Gasteiger partial charge in [-0.2, -0.15) is 0 Å². The van der Waals surface area contributed by atoms with Crippen molar-refractivity contribution >= 4 is 17.7 Å². The van der Waals surface area contributed by atoms with Gasteiger partial charge in [0.1, 0.15) is 12.2 Å². The van der Waals surface area contributed by atoms with Gasteiger partial charge in [0.15, 0.2) is 0 Å². The molecule has 0 aromatic heterocycles. The molecule has 1 N–H and O–H groups in total. The Morgan fingerprint density at radius 3 is 2.14 bits per heavy atom. The summed E-state index contributed by atoms with van der Waals surface area (Å²) in [6.45, 7) is 4.13. The fourth-order valence-corrected chi connectivity index (χ4v) is 0.758. The average Bonchev–Trinajstić information content (AvgIpc) is 2.01. The van der Waals surface area contributed by atoms with E-state index in [-0.39, 0.29) is 18.6 Å². The highest BCUT2D eigenvalue weighted by Crippen LogP contribution is 2.16. The summed E-state index contributed by atoms with van der Waals surface area (Å²) >= 11 is 0. The van der Waals surface area contributed by atoms with Gasteiger partial charge in [0, 0.05) is 0 Å². The molecular formula is C9H14O5. The van der Waals surface area contributed by atoms with Crippen molar-refractivity contribution in [3.8, 4) is 0 Å². The molecule has 5 nitrogen and oxygen atoms in total. The van der Waals surface area contributed by atoms with Crippen molar-refractivity contribution in [3.05, 3.63) is 0 Å². The first kappa shape index (κ1) is 12.6. The zero-order valence-electron chi connectivity index (χ0n) is 8.49. The molecule has 0 aliphatic rings. The molecule has 0 fully saturated rings. The first-order valence-corrected chi connectivity index (χ1v) is 4.26. The van der Waals surface area contributed by atoms with E-state index in [0.29, 0.717) is 0 Å². The summed E-state index contributed by atoms with van der Waals surface area (Å²) < 4.78 is 4.70. The average molecular weight is 202 g/mol. The SMILES string of the molecule is CCC(C)(OC(=O)CC(C)=O)C(=O)O. The quantitative estimate of drug-likeness (QED) is 0.526. The molecule has 0 radical (unpaired) electrons. The summed E-state index contributed by atoms with van der Waals surface area (Å²) in [5, 5.41) is 8.75. The van der Waals surface area contributed by atoms with Crippen molar-refractivity contribution in [2.45, 2.75) is 39.2 Å². The van der Waals surface area contributed by atoms with Crippen LogP contribution in [0.4, 0.5) is 0 Å². The Hall–Kier alpha value is -1.39. The number of carboxylic acids is 1. The minimum absolute atomic E-state index is 0.159. The van der Waals surface area contributed by atoms with E-state index in [1.54, 1.807) is 6.92 Å². The molecule has 1 atom stereocenters. The molecule has 0 amide bonds. The largest absolute Gasteiger partial charge is 0.478 e. The third-order valence-electron chi connectivity index (χ3n) is 1.86. The molecule has 0 saturated carbocycles. The fraction of sp³-hybridized carbons (Fsp3) is 0.667. The molecule has 80 valence electrons. The van der Waals surface area contributed by atoms with Gasteiger partial charge in [-0.1, -0.05) is 6.92 Å². The number of hydrogen-bond donors (Lipinski definition) is 1. The van der Waals surface area contributed by atoms with Crippen molar-refractivity contribution in [2.75, 3.05) is 0 Å². The molecule has 14 heavy (non-hydrogen) atoms. The predicted octanol–water partition coefficient (Wildman–Crippen LogP) is 0.762. The Bertz CT molecular complexity index is 258. The van der Waals surface area contributed by atoms with E-state index >= 15 is 0 Å². The normalized spacial score (nSPS) is 14.2. The number of carbonyl (C=O) groups excluding carboxylic acids is 2. The summed E-state index contributed by atoms with van der Waals surface area (Å²) in [4.78, 5) is 32.3. The first-order chi connectivity index (χ1) is 6.31. The summed E-state index contributed by atoms with van der Waals surface area (Å²) in [5.41, 5.74) is -1.54. The number of ether oxygens (including phenoxy) is 1. The monoisotopic (exact) mass is 202 g/mol. The standard InChI is InChI=1S/C9H14O5/c1-4-9(3,8(12)13)14-7(11)5-6(2)10/h4-5H2,1-3H3,(H,12,13). The van der Waals surface area contributed by atoms with Gasteiger partial charge in [0.25, 0.3) is 0 Å². The molecule has 0 aliphatic carbocycles. The minimum Gasteiger partial charge on any atom is -0.478 e. The Labute approximate surface area is 82.1 Å². The molecule has 0 saturated heterocycles. The van der Waals surface area contributed by atoms with E-state index in [9.17, 15) is 14.4 Å². The van der Waals surface area contributed by atoms with Crippen LogP contribution in [0.25, 0.3) is 0 Å². The second kappa shape index (κ2) is 4.74. The van der Waals surface area contributed by atoms with Crippen LogP contribution in [0.3, 0.4) is 0 Å². The number of aliphatic carboxylic acids is 1. The van der Waals surface area contributed by atoms with Crippen LogP contribution >= 0.6 is 0 Å². The molecule has 0 aromatic rings. The number of carboxylic acid groups (broad SMARTS) is 1. The first-order valence-electron chi connectivity index (χ1n) is 4.26. The molecule has 0 aromatic carbocycles. The number of ketones is 1. The van der Waals surface area contributed by atoms with Crippen molar-refractivity contribution in [1.82, 2.24) is 0 Å². The number of Topliss-reactive ketones (excluding diaryl/α,β-unsaturated/α-hetero) is 1. The molecule has 0 heterocycles. The van der Waals surface area contributed by atoms with Gasteiger partial charge in [-0.25, -0.2) is 4.79 Å². The maximum Gasteiger partial charge on any atom is 0.347 e. The lowest BCUT2D eigenvalue weighted by atomic mass is 10.0. The summed E-state index contributed by atoms with van der Waals surface area (Å²) in [7, 11) is 0. The van der Waals surface area contributed by atoms with E-state index in [4.69, 9.17) is 9.84 Å². The van der Waals surface area contributed by atoms with Crippen molar-refractivity contribution < 1.29 is 24.2 Å². The summed E-state index contributed by atoms with van der Waals surface area (Å²) in [5.74, 6) is -2.36. The van der Waals surface area contributed by atoms with Gasteiger partial charge in [0.2, 0.25) is 5.60 Å². The highest BCUT2D eigenvalue weighted by molar-refractivity contribution is 5.95. The Morgan fingerprint density at radius 1 is 1.36 bits per heavy atom. The maximum atomic E-state index is 11.0. The lowest BCUT2D eigenvalue weighted by Gasteiger charge is -2.22. The second-order valence-corrected chi connectivity index (χ2v) is 3.24. The van der Waals surface area contributed by atoms with Crippen LogP contribution in [0.2, 0.25) is 0 Å². The summed E-state index contributed by atoms with van der Waals surface area (Å²) in [6, 6.07) is 0. The minimum atomic E-state index is -1.54. The van der Waals surface area contributed by atoms with Crippen LogP contribution in [0.1, 0.15) is 33.6 Å². The van der Waals surface area contributed by atoms with Crippen LogP contribution in [-0.4, -0.2) is 28.4 Å². The Morgan fingerprint density at radius 2 is 1.86 bits per heavy atom. The zero-order valence-corrected chi connectivity index (χ0v) is 8.49. The van der Waals surface area contributed by atoms with Crippen molar-refractivity contribution in [2.24, 2.45) is 0 Å². The van der Waals surface area contributed by atoms with Gasteiger partial charge in [0.05, 0.1) is 0 Å². The van der Waals surface area contributed by atoms with E-state index in [1.807, 2.05) is 0 Å². The highest BCUT2D eigenvalue weighted by atomic mass is 16.6. The predicted molar refractivity (Wildman–Crippen MR) is 47.7 cm³/mol. The molecule has 1 unspecified atom stereocenters. The number of esters is 1. The molecule has 0 spiro atoms. The lowest BCUT2D eigenvalue weighted by Crippen LogP contribution is -2.39. The fourth-order valence-electron chi connectivity index (χ4n) is 0.758. The topological polar surface area (TPSA) is 80.7 Å². The van der Waals surface area contributed by atoms with E-state index in [0.717, 1.165) is 0 Å². The van der Waals surface area contributed by atoms with E-state index < -0.39 is 17.5 Å². The van der Waals surface area contributed by atoms with Gasteiger partial charge in [-0.3, -0.25) is 9.59 Å². The van der Waals surface area contributed by atoms with Gasteiger partial charge in [-0.05, 0) is 20.3 Å². The van der Waals surface area contributed by atoms with Crippen LogP contribution in [0.5, 0.6) is 0 Å². The third kappa shape index (κ3) is 3.55. The molecule has 0 bridgehead atoms. The van der Waals surface area contributed by atoms with Crippen LogP contribution < -0.4 is 0 Å². The maximum absolute atomic E-state index is 11.0. The van der Waals surface area contributed by atoms with Crippen LogP contribution in [0.15, 0.2) is 0 Å². The highest BCUT2D eigenvalue weighted by Gasteiger charge is 2.35. The van der Waals surface area contributed by atoms with Gasteiger partial charge in [-0.15, -0.1) is 0 Å². The molecule has 0 aliphatic heterocycles. The lowest BCUT2D eigenvalue weighted by molar-refractivity contribution is -0.177. The van der Waals surface area contributed by atoms with Crippen molar-refractivity contribution in [3.63, 3.8) is 0 Å². The van der Waals surface area contributed by atoms with Crippen LogP contribution in [0, 0.1) is 0 Å². The second-order valence-electron chi connectivity index (χ2n) is 3.24. The molecule has 5 heteroatoms. The summed E-state index contributed by atoms with van der Waals surface area (Å²) in [6.07, 6.45) is -0.227. The van der Waals surface area contributed by atoms with Crippen molar-refractivity contribution in [1.29, 1.82) is 0 Å². The smallest absolute Gasteiger partial charge is 0.347 e. The van der Waals surface area contributed by atoms with E-state index in [1.165, 1.54) is 13.8 Å². The number of hydrogen-bond acceptors (Lipinski definition) is 4. The third-order valence-corrected chi connectivity index (χ3v) is 1.86. The Balaban J connectivity index is 4.39. The van der Waals surface area contributed by atoms with Gasteiger partial charge < -0.3 is 9.84 Å².